The van der Waals surface area contributed by atoms with Gasteiger partial charge in [0.15, 0.2) is 11.5 Å². The van der Waals surface area contributed by atoms with E-state index in [1.807, 2.05) is 55.5 Å². The minimum atomic E-state index is -0.820. The number of hydrogen-bond donors (Lipinski definition) is 3. The summed E-state index contributed by atoms with van der Waals surface area (Å²) < 4.78 is 21.5. The Labute approximate surface area is 293 Å². The fourth-order valence-corrected chi connectivity index (χ4v) is 4.94. The number of ether oxygens (including phenoxy) is 4. The average Bonchev–Trinajstić information content (AvgIpc) is 3.08. The maximum absolute atomic E-state index is 13.4. The van der Waals surface area contributed by atoms with Crippen molar-refractivity contribution in [3.8, 4) is 17.2 Å². The van der Waals surface area contributed by atoms with Crippen molar-refractivity contribution in [2.45, 2.75) is 45.8 Å². The largest absolute Gasteiger partial charge is 0.493 e. The molecule has 0 radical (unpaired) electrons. The average molecular weight is 681 g/mol. The van der Waals surface area contributed by atoms with Gasteiger partial charge in [0.05, 0.1) is 33.1 Å². The lowest BCUT2D eigenvalue weighted by atomic mass is 9.95. The number of amides is 3. The molecule has 262 valence electrons. The molecule has 11 heteroatoms. The van der Waals surface area contributed by atoms with Crippen LogP contribution in [0, 0.1) is 5.92 Å². The van der Waals surface area contributed by atoms with Crippen LogP contribution in [0.3, 0.4) is 0 Å². The van der Waals surface area contributed by atoms with Crippen molar-refractivity contribution in [1.29, 1.82) is 0 Å². The monoisotopic (exact) mass is 680 g/mol. The fourth-order valence-electron chi connectivity index (χ4n) is 4.94. The van der Waals surface area contributed by atoms with E-state index < -0.39 is 23.6 Å². The zero-order valence-corrected chi connectivity index (χ0v) is 29.4. The molecule has 3 aromatic rings. The second-order valence-corrected chi connectivity index (χ2v) is 12.5. The standard InChI is InChI=1S/C39H44N4O7/c1-25-16-21-30(24-31(25)41-35(44)28-19-17-27(18-20-28)15-11-14-26-12-9-8-10-13-26)40-37(43-38(46)50-39(2,3)4)42-36(45)29-22-32(47-5)34(49-7)33(23-29)48-6/h8-14,16-25,31H,15H2,1-7H3,(H,41,44)(H2,40,42,43,45,46)/b14-11+. The molecule has 1 aliphatic rings. The number of nitrogens with zero attached hydrogens (tertiary/aromatic N) is 1. The summed E-state index contributed by atoms with van der Waals surface area (Å²) in [6.07, 6.45) is 9.46. The molecule has 0 fully saturated rings. The van der Waals surface area contributed by atoms with E-state index in [4.69, 9.17) is 18.9 Å². The molecule has 1 aliphatic carbocycles. The molecular formula is C39H44N4O7. The molecule has 50 heavy (non-hydrogen) atoms. The topological polar surface area (TPSA) is 137 Å². The maximum atomic E-state index is 13.4. The van der Waals surface area contributed by atoms with Gasteiger partial charge in [-0.3, -0.25) is 20.2 Å². The number of carbonyl (C=O) groups excluding carboxylic acids is 3. The molecule has 0 saturated heterocycles. The number of alkyl carbamates (subject to hydrolysis) is 1. The van der Waals surface area contributed by atoms with Crippen molar-refractivity contribution in [2.75, 3.05) is 21.3 Å². The number of nitrogens with one attached hydrogen (secondary N) is 3. The van der Waals surface area contributed by atoms with Gasteiger partial charge in [-0.15, -0.1) is 0 Å². The molecule has 0 heterocycles. The minimum absolute atomic E-state index is 0.0589. The van der Waals surface area contributed by atoms with Crippen LogP contribution in [0.2, 0.25) is 0 Å². The molecule has 3 amide bonds. The molecule has 2 unspecified atom stereocenters. The Morgan fingerprint density at radius 1 is 0.840 bits per heavy atom. The van der Waals surface area contributed by atoms with Gasteiger partial charge in [0.25, 0.3) is 11.8 Å². The van der Waals surface area contributed by atoms with Crippen LogP contribution in [0.1, 0.15) is 59.5 Å². The van der Waals surface area contributed by atoms with E-state index in [1.54, 1.807) is 45.1 Å². The highest BCUT2D eigenvalue weighted by atomic mass is 16.6. The third kappa shape index (κ3) is 10.6. The number of allylic oxidation sites excluding steroid dienone is 2. The first-order valence-electron chi connectivity index (χ1n) is 16.1. The Morgan fingerprint density at radius 3 is 2.10 bits per heavy atom. The van der Waals surface area contributed by atoms with Gasteiger partial charge >= 0.3 is 6.09 Å². The molecule has 4 rings (SSSR count). The van der Waals surface area contributed by atoms with Gasteiger partial charge in [-0.25, -0.2) is 9.79 Å². The van der Waals surface area contributed by atoms with Gasteiger partial charge in [-0.1, -0.05) is 67.6 Å². The molecule has 3 N–H and O–H groups in total. The van der Waals surface area contributed by atoms with Crippen LogP contribution in [0.25, 0.3) is 6.08 Å². The van der Waals surface area contributed by atoms with Crippen LogP contribution in [0.5, 0.6) is 17.2 Å². The van der Waals surface area contributed by atoms with E-state index in [9.17, 15) is 14.4 Å². The Balaban J connectivity index is 1.52. The Hall–Kier alpha value is -5.84. The second kappa shape index (κ2) is 17.0. The van der Waals surface area contributed by atoms with Crippen molar-refractivity contribution in [3.63, 3.8) is 0 Å². The molecule has 2 atom stereocenters. The van der Waals surface area contributed by atoms with E-state index in [0.717, 1.165) is 17.5 Å². The Bertz CT molecular complexity index is 1760. The number of carbonyl (C=O) groups is 3. The third-order valence-corrected chi connectivity index (χ3v) is 7.48. The van der Waals surface area contributed by atoms with Crippen LogP contribution >= 0.6 is 0 Å². The van der Waals surface area contributed by atoms with Crippen molar-refractivity contribution in [2.24, 2.45) is 10.9 Å². The minimum Gasteiger partial charge on any atom is -0.493 e. The van der Waals surface area contributed by atoms with Crippen LogP contribution < -0.4 is 30.2 Å². The predicted octanol–water partition coefficient (Wildman–Crippen LogP) is 6.47. The quantitative estimate of drug-likeness (QED) is 0.165. The summed E-state index contributed by atoms with van der Waals surface area (Å²) in [5, 5.41) is 8.22. The molecule has 0 aliphatic heterocycles. The summed E-state index contributed by atoms with van der Waals surface area (Å²) in [7, 11) is 4.34. The number of rotatable bonds is 10. The van der Waals surface area contributed by atoms with Crippen molar-refractivity contribution >= 4 is 29.9 Å². The molecule has 3 aromatic carbocycles. The number of methoxy groups -OCH3 is 3. The summed E-state index contributed by atoms with van der Waals surface area (Å²) >= 11 is 0. The van der Waals surface area contributed by atoms with Crippen LogP contribution in [-0.4, -0.2) is 56.8 Å². The smallest absolute Gasteiger partial charge is 0.414 e. The van der Waals surface area contributed by atoms with E-state index in [0.29, 0.717) is 17.0 Å². The zero-order chi connectivity index (χ0) is 36.3. The van der Waals surface area contributed by atoms with Gasteiger partial charge in [0, 0.05) is 11.1 Å². The third-order valence-electron chi connectivity index (χ3n) is 7.48. The summed E-state index contributed by atoms with van der Waals surface area (Å²) in [6, 6.07) is 20.1. The maximum Gasteiger partial charge on any atom is 0.414 e. The van der Waals surface area contributed by atoms with Crippen molar-refractivity contribution in [3.05, 3.63) is 119 Å². The van der Waals surface area contributed by atoms with Gasteiger partial charge < -0.3 is 24.3 Å². The van der Waals surface area contributed by atoms with Gasteiger partial charge in [-0.2, -0.15) is 0 Å². The van der Waals surface area contributed by atoms with Gasteiger partial charge in [0.2, 0.25) is 11.7 Å². The van der Waals surface area contributed by atoms with Crippen LogP contribution in [0.4, 0.5) is 4.79 Å². The van der Waals surface area contributed by atoms with Crippen LogP contribution in [0.15, 0.2) is 102 Å². The Morgan fingerprint density at radius 2 is 1.50 bits per heavy atom. The van der Waals surface area contributed by atoms with E-state index in [-0.39, 0.29) is 34.8 Å². The lowest BCUT2D eigenvalue weighted by Gasteiger charge is -2.24. The number of hydrogen-bond acceptors (Lipinski definition) is 8. The fraction of sp³-hybridized carbons (Fsp3) is 0.282. The normalized spacial score (nSPS) is 15.9. The Kier molecular flexibility index (Phi) is 12.6. The number of aliphatic imine (C=N–C) groups is 1. The lowest BCUT2D eigenvalue weighted by molar-refractivity contribution is 0.0561. The molecule has 0 spiro atoms. The van der Waals surface area contributed by atoms with Crippen molar-refractivity contribution < 1.29 is 33.3 Å². The number of benzene rings is 3. The molecule has 0 bridgehead atoms. The van der Waals surface area contributed by atoms with Crippen LogP contribution in [-0.2, 0) is 11.2 Å². The molecular weight excluding hydrogens is 636 g/mol. The first-order valence-corrected chi connectivity index (χ1v) is 16.1. The van der Waals surface area contributed by atoms with Gasteiger partial charge in [-0.05, 0) is 80.7 Å². The first kappa shape index (κ1) is 37.0. The van der Waals surface area contributed by atoms with E-state index >= 15 is 0 Å². The summed E-state index contributed by atoms with van der Waals surface area (Å²) in [4.78, 5) is 44.0. The number of guanidine groups is 1. The lowest BCUT2D eigenvalue weighted by Crippen LogP contribution is -2.46. The predicted molar refractivity (Wildman–Crippen MR) is 194 cm³/mol. The molecule has 0 aromatic heterocycles. The summed E-state index contributed by atoms with van der Waals surface area (Å²) in [5.41, 5.74) is 2.48. The highest BCUT2D eigenvalue weighted by Gasteiger charge is 2.23. The summed E-state index contributed by atoms with van der Waals surface area (Å²) in [6.45, 7) is 7.12. The van der Waals surface area contributed by atoms with E-state index in [1.165, 1.54) is 33.5 Å². The van der Waals surface area contributed by atoms with E-state index in [2.05, 4.69) is 33.1 Å². The molecule has 11 nitrogen and oxygen atoms in total. The summed E-state index contributed by atoms with van der Waals surface area (Å²) in [5.74, 6) is -0.241. The highest BCUT2D eigenvalue weighted by Crippen LogP contribution is 2.38. The first-order chi connectivity index (χ1) is 23.9. The second-order valence-electron chi connectivity index (χ2n) is 12.5. The SMILES string of the molecule is COc1cc(C(=O)NC(=NC2=CC(NC(=O)c3ccc(C/C=C/c4ccccc4)cc3)C(C)C=C2)NC(=O)OC(C)(C)C)cc(OC)c1OC. The molecule has 0 saturated carbocycles. The zero-order valence-electron chi connectivity index (χ0n) is 29.4. The van der Waals surface area contributed by atoms with Gasteiger partial charge in [0.1, 0.15) is 5.60 Å². The van der Waals surface area contributed by atoms with Crippen molar-refractivity contribution in [1.82, 2.24) is 16.0 Å². The highest BCUT2D eigenvalue weighted by molar-refractivity contribution is 6.09.